The number of aromatic nitrogens is 2. The third-order valence-electron chi connectivity index (χ3n) is 3.34. The van der Waals surface area contributed by atoms with Gasteiger partial charge in [0.25, 0.3) is 10.0 Å². The highest BCUT2D eigenvalue weighted by Crippen LogP contribution is 2.18. The lowest BCUT2D eigenvalue weighted by molar-refractivity contribution is -0.113. The van der Waals surface area contributed by atoms with Crippen LogP contribution in [0.25, 0.3) is 0 Å². The van der Waals surface area contributed by atoms with E-state index in [0.717, 1.165) is 0 Å². The van der Waals surface area contributed by atoms with Gasteiger partial charge in [0.05, 0.1) is 16.0 Å². The Bertz CT molecular complexity index is 888. The number of hydrazine groups is 2. The molecule has 5 N–H and O–H groups in total. The number of amides is 1. The minimum absolute atomic E-state index is 0.0268. The summed E-state index contributed by atoms with van der Waals surface area (Å²) in [6.07, 6.45) is 0. The van der Waals surface area contributed by atoms with Gasteiger partial charge >= 0.3 is 0 Å². The number of nitrogens with one attached hydrogen (secondary N) is 5. The van der Waals surface area contributed by atoms with Crippen molar-refractivity contribution in [2.24, 2.45) is 0 Å². The molecular formula is C14H16ClN7O3S2. The van der Waals surface area contributed by atoms with E-state index >= 15 is 0 Å². The van der Waals surface area contributed by atoms with E-state index < -0.39 is 10.0 Å². The van der Waals surface area contributed by atoms with E-state index in [1.165, 1.54) is 48.2 Å². The highest BCUT2D eigenvalue weighted by atomic mass is 35.5. The third-order valence-corrected chi connectivity index (χ3v) is 6.03. The molecule has 0 saturated carbocycles. The molecule has 1 aliphatic rings. The standard InChI is InChI=1S/C14H16ClN7O3S2/c15-11-5-6-12(19-18-11)21-27(24,25)10-3-1-9(2-4-10)17-13(23)8-26-14-7-16-22-20-14/h1-6,14,16,20,22H,7-8H2,(H,17,23)(H,19,21). The molecule has 0 spiro atoms. The maximum absolute atomic E-state index is 12.3. The monoisotopic (exact) mass is 429 g/mol. The van der Waals surface area contributed by atoms with E-state index in [1.54, 1.807) is 0 Å². The predicted molar refractivity (Wildman–Crippen MR) is 103 cm³/mol. The average Bonchev–Trinajstić information content (AvgIpc) is 3.16. The van der Waals surface area contributed by atoms with Crippen molar-refractivity contribution in [3.63, 3.8) is 0 Å². The summed E-state index contributed by atoms with van der Waals surface area (Å²) < 4.78 is 27.0. The molecule has 27 heavy (non-hydrogen) atoms. The maximum Gasteiger partial charge on any atom is 0.263 e. The zero-order chi connectivity index (χ0) is 19.3. The van der Waals surface area contributed by atoms with Crippen molar-refractivity contribution in [2.75, 3.05) is 22.3 Å². The summed E-state index contributed by atoms with van der Waals surface area (Å²) in [4.78, 5) is 12.0. The number of thioether (sulfide) groups is 1. The van der Waals surface area contributed by atoms with E-state index in [2.05, 4.69) is 36.6 Å². The first kappa shape index (κ1) is 19.8. The Kier molecular flexibility index (Phi) is 6.46. The fourth-order valence-corrected chi connectivity index (χ4v) is 3.95. The van der Waals surface area contributed by atoms with Crippen LogP contribution < -0.4 is 26.4 Å². The van der Waals surface area contributed by atoms with Crippen molar-refractivity contribution in [3.05, 3.63) is 41.6 Å². The SMILES string of the molecule is O=C(CSC1CNNN1)Nc1ccc(S(=O)(=O)Nc2ccc(Cl)nn2)cc1. The van der Waals surface area contributed by atoms with Crippen molar-refractivity contribution >= 4 is 50.8 Å². The Morgan fingerprint density at radius 2 is 2.00 bits per heavy atom. The van der Waals surface area contributed by atoms with Gasteiger partial charge in [-0.1, -0.05) is 11.6 Å². The van der Waals surface area contributed by atoms with E-state index in [0.29, 0.717) is 12.2 Å². The van der Waals surface area contributed by atoms with Crippen LogP contribution in [0, 0.1) is 0 Å². The molecule has 0 bridgehead atoms. The van der Waals surface area contributed by atoms with Crippen LogP contribution in [0.4, 0.5) is 11.5 Å². The number of carbonyl (C=O) groups excluding carboxylic acids is 1. The number of hydrogen-bond acceptors (Lipinski definition) is 9. The maximum atomic E-state index is 12.3. The van der Waals surface area contributed by atoms with Crippen LogP contribution in [-0.4, -0.2) is 42.2 Å². The largest absolute Gasteiger partial charge is 0.325 e. The number of hydrogen-bond donors (Lipinski definition) is 5. The lowest BCUT2D eigenvalue weighted by Gasteiger charge is -2.10. The van der Waals surface area contributed by atoms with Crippen molar-refractivity contribution in [2.45, 2.75) is 10.3 Å². The second-order valence-corrected chi connectivity index (χ2v) is 8.63. The molecule has 1 amide bonds. The van der Waals surface area contributed by atoms with Gasteiger partial charge in [0.1, 0.15) is 0 Å². The minimum Gasteiger partial charge on any atom is -0.325 e. The Morgan fingerprint density at radius 1 is 1.22 bits per heavy atom. The van der Waals surface area contributed by atoms with Crippen LogP contribution in [0.5, 0.6) is 0 Å². The van der Waals surface area contributed by atoms with Crippen LogP contribution in [0.15, 0.2) is 41.3 Å². The smallest absolute Gasteiger partial charge is 0.263 e. The van der Waals surface area contributed by atoms with E-state index in [-0.39, 0.29) is 32.9 Å². The second-order valence-electron chi connectivity index (χ2n) is 5.37. The number of anilines is 2. The lowest BCUT2D eigenvalue weighted by Crippen LogP contribution is -2.32. The van der Waals surface area contributed by atoms with Gasteiger partial charge in [0.2, 0.25) is 5.91 Å². The summed E-state index contributed by atoms with van der Waals surface area (Å²) in [7, 11) is -3.83. The number of rotatable bonds is 7. The Morgan fingerprint density at radius 3 is 2.63 bits per heavy atom. The molecule has 1 unspecified atom stereocenters. The summed E-state index contributed by atoms with van der Waals surface area (Å²) in [6.45, 7) is 0.704. The quantitative estimate of drug-likeness (QED) is 0.427. The minimum atomic E-state index is -3.83. The number of halogens is 1. The summed E-state index contributed by atoms with van der Waals surface area (Å²) in [5.74, 6) is 0.134. The molecule has 2 aromatic rings. The molecule has 1 fully saturated rings. The van der Waals surface area contributed by atoms with E-state index in [9.17, 15) is 13.2 Å². The normalized spacial score (nSPS) is 16.9. The molecule has 1 aliphatic heterocycles. The lowest BCUT2D eigenvalue weighted by atomic mass is 10.3. The molecule has 1 saturated heterocycles. The van der Waals surface area contributed by atoms with Crippen LogP contribution in [-0.2, 0) is 14.8 Å². The Balaban J connectivity index is 1.56. The van der Waals surface area contributed by atoms with Gasteiger partial charge < -0.3 is 5.32 Å². The van der Waals surface area contributed by atoms with Crippen molar-refractivity contribution in [1.29, 1.82) is 0 Å². The fraction of sp³-hybridized carbons (Fsp3) is 0.214. The summed E-state index contributed by atoms with van der Waals surface area (Å²) in [5.41, 5.74) is 9.11. The summed E-state index contributed by atoms with van der Waals surface area (Å²) >= 11 is 7.07. The number of benzene rings is 1. The number of sulfonamides is 1. The zero-order valence-corrected chi connectivity index (χ0v) is 16.2. The first-order valence-corrected chi connectivity index (χ1v) is 10.6. The first-order chi connectivity index (χ1) is 12.9. The first-order valence-electron chi connectivity index (χ1n) is 7.69. The van der Waals surface area contributed by atoms with Gasteiger partial charge in [-0.2, -0.15) is 5.53 Å². The van der Waals surface area contributed by atoms with Crippen LogP contribution in [0.3, 0.4) is 0 Å². The van der Waals surface area contributed by atoms with E-state index in [1.807, 2.05) is 0 Å². The number of carbonyl (C=O) groups is 1. The topological polar surface area (TPSA) is 137 Å². The van der Waals surface area contributed by atoms with Gasteiger partial charge in [-0.15, -0.1) is 22.0 Å². The Hall–Kier alpha value is -1.96. The van der Waals surface area contributed by atoms with E-state index in [4.69, 9.17) is 11.6 Å². The van der Waals surface area contributed by atoms with Crippen molar-refractivity contribution in [1.82, 2.24) is 26.6 Å². The molecule has 0 radical (unpaired) electrons. The van der Waals surface area contributed by atoms with Crippen LogP contribution in [0.2, 0.25) is 5.15 Å². The van der Waals surface area contributed by atoms with Crippen molar-refractivity contribution < 1.29 is 13.2 Å². The number of nitrogens with zero attached hydrogens (tertiary/aromatic N) is 2. The van der Waals surface area contributed by atoms with Gasteiger partial charge in [-0.3, -0.25) is 9.52 Å². The summed E-state index contributed by atoms with van der Waals surface area (Å²) in [5, 5.41) is 10.2. The fourth-order valence-electron chi connectivity index (χ4n) is 2.08. The van der Waals surface area contributed by atoms with Gasteiger partial charge in [0.15, 0.2) is 11.0 Å². The molecule has 144 valence electrons. The van der Waals surface area contributed by atoms with Crippen LogP contribution >= 0.6 is 23.4 Å². The third kappa shape index (κ3) is 5.76. The molecule has 1 aromatic heterocycles. The molecule has 13 heteroatoms. The summed E-state index contributed by atoms with van der Waals surface area (Å²) in [6, 6.07) is 8.64. The van der Waals surface area contributed by atoms with Gasteiger partial charge in [0, 0.05) is 12.2 Å². The van der Waals surface area contributed by atoms with Crippen LogP contribution in [0.1, 0.15) is 0 Å². The molecule has 2 heterocycles. The second kappa shape index (κ2) is 8.82. The van der Waals surface area contributed by atoms with Crippen molar-refractivity contribution in [3.8, 4) is 0 Å². The van der Waals surface area contributed by atoms with Gasteiger partial charge in [-0.05, 0) is 36.4 Å². The molecule has 3 rings (SSSR count). The highest BCUT2D eigenvalue weighted by molar-refractivity contribution is 8.00. The molecule has 1 atom stereocenters. The highest BCUT2D eigenvalue weighted by Gasteiger charge is 2.17. The molecule has 10 nitrogen and oxygen atoms in total. The molecule has 0 aliphatic carbocycles. The molecule has 1 aromatic carbocycles. The average molecular weight is 430 g/mol. The van der Waals surface area contributed by atoms with Gasteiger partial charge in [-0.25, -0.2) is 19.3 Å². The molecular weight excluding hydrogens is 414 g/mol. The zero-order valence-electron chi connectivity index (χ0n) is 13.8. The Labute approximate surface area is 164 Å². The predicted octanol–water partition coefficient (Wildman–Crippen LogP) is 0.541.